The molecule has 0 radical (unpaired) electrons. The molecule has 2 aliphatic carbocycles. The Bertz CT molecular complexity index is 1080. The van der Waals surface area contributed by atoms with Gasteiger partial charge in [0.2, 0.25) is 0 Å². The fourth-order valence-electron chi connectivity index (χ4n) is 6.13. The molecule has 4 atom stereocenters. The number of fused-ring (bicyclic) bond motifs is 4. The van der Waals surface area contributed by atoms with Crippen LogP contribution in [-0.4, -0.2) is 14.0 Å². The van der Waals surface area contributed by atoms with E-state index in [9.17, 15) is 18.3 Å². The number of halogens is 4. The number of aryl methyl sites for hydroxylation is 1. The first-order valence-corrected chi connectivity index (χ1v) is 12.9. The van der Waals surface area contributed by atoms with Crippen LogP contribution in [0.15, 0.2) is 24.3 Å². The lowest BCUT2D eigenvalue weighted by atomic mass is 9.71. The van der Waals surface area contributed by atoms with Crippen molar-refractivity contribution in [2.75, 3.05) is 0 Å². The second kappa shape index (κ2) is 7.92. The summed E-state index contributed by atoms with van der Waals surface area (Å²) in [5.41, 5.74) is 4.32. The van der Waals surface area contributed by atoms with Crippen molar-refractivity contribution in [1.29, 1.82) is 0 Å². The van der Waals surface area contributed by atoms with Crippen molar-refractivity contribution in [3.63, 3.8) is 0 Å². The third-order valence-electron chi connectivity index (χ3n) is 7.56. The molecule has 1 aliphatic heterocycles. The molecule has 178 valence electrons. The number of alkyl halides is 4. The van der Waals surface area contributed by atoms with Gasteiger partial charge < -0.3 is 9.84 Å². The molecular weight excluding hydrogens is 542 g/mol. The van der Waals surface area contributed by atoms with E-state index in [4.69, 9.17) is 9.72 Å². The topological polar surface area (TPSA) is 42.4 Å². The lowest BCUT2D eigenvalue weighted by Gasteiger charge is -2.38. The molecule has 1 saturated carbocycles. The Morgan fingerprint density at radius 2 is 1.88 bits per heavy atom. The number of benzene rings is 1. The molecule has 7 heteroatoms. The van der Waals surface area contributed by atoms with E-state index in [1.165, 1.54) is 12.1 Å². The highest BCUT2D eigenvalue weighted by molar-refractivity contribution is 14.1. The summed E-state index contributed by atoms with van der Waals surface area (Å²) >= 11 is 2.47. The highest BCUT2D eigenvalue weighted by atomic mass is 127. The molecule has 3 aliphatic rings. The van der Waals surface area contributed by atoms with Gasteiger partial charge in [0.1, 0.15) is 11.7 Å². The fraction of sp³-hybridized carbons (Fsp3) is 0.577. The van der Waals surface area contributed by atoms with Crippen LogP contribution in [0.5, 0.6) is 0 Å². The van der Waals surface area contributed by atoms with Crippen molar-refractivity contribution in [2.24, 2.45) is 5.41 Å². The molecule has 0 amide bonds. The Morgan fingerprint density at radius 3 is 2.45 bits per heavy atom. The van der Waals surface area contributed by atoms with Crippen LogP contribution in [0.4, 0.5) is 13.2 Å². The molecule has 1 aromatic carbocycles. The van der Waals surface area contributed by atoms with Crippen molar-refractivity contribution in [2.45, 2.75) is 87.2 Å². The van der Waals surface area contributed by atoms with E-state index in [1.54, 1.807) is 0 Å². The Balaban J connectivity index is 1.73. The third-order valence-corrected chi connectivity index (χ3v) is 9.19. The largest absolute Gasteiger partial charge is 0.416 e. The van der Waals surface area contributed by atoms with Crippen LogP contribution in [0.25, 0.3) is 0 Å². The van der Waals surface area contributed by atoms with Gasteiger partial charge in [-0.3, -0.25) is 4.98 Å². The Morgan fingerprint density at radius 1 is 1.18 bits per heavy atom. The van der Waals surface area contributed by atoms with E-state index in [-0.39, 0.29) is 9.34 Å². The van der Waals surface area contributed by atoms with Gasteiger partial charge in [0.15, 0.2) is 0 Å². The standard InChI is InChI=1S/C26H29F3INO2/c1-4-16-21-22(20-17(31-16)12-24(2,3)13-18(20)32)25(11-5-6-19(25)30)33-23(21)14-7-9-15(10-8-14)26(27,28)29/h7-10,18-19,23,32H,4-6,11-13H2,1-3H3. The minimum Gasteiger partial charge on any atom is -0.388 e. The Labute approximate surface area is 206 Å². The van der Waals surface area contributed by atoms with Crippen LogP contribution in [-0.2, 0) is 29.4 Å². The maximum absolute atomic E-state index is 13.2. The van der Waals surface area contributed by atoms with Crippen LogP contribution in [0.1, 0.15) is 97.9 Å². The quantitative estimate of drug-likeness (QED) is 0.313. The highest BCUT2D eigenvalue weighted by Gasteiger charge is 2.56. The van der Waals surface area contributed by atoms with Crippen LogP contribution < -0.4 is 0 Å². The van der Waals surface area contributed by atoms with Crippen LogP contribution in [0, 0.1) is 5.41 Å². The molecule has 1 N–H and O–H groups in total. The van der Waals surface area contributed by atoms with Gasteiger partial charge in [-0.1, -0.05) is 55.5 Å². The van der Waals surface area contributed by atoms with Gasteiger partial charge in [0, 0.05) is 32.0 Å². The zero-order valence-electron chi connectivity index (χ0n) is 19.1. The number of hydrogen-bond donors (Lipinski definition) is 1. The molecule has 33 heavy (non-hydrogen) atoms. The number of rotatable bonds is 2. The lowest BCUT2D eigenvalue weighted by Crippen LogP contribution is -2.35. The first-order valence-electron chi connectivity index (χ1n) is 11.7. The second-order valence-electron chi connectivity index (χ2n) is 10.5. The van der Waals surface area contributed by atoms with E-state index in [0.717, 1.165) is 65.9 Å². The van der Waals surface area contributed by atoms with Gasteiger partial charge in [0.05, 0.1) is 11.7 Å². The predicted molar refractivity (Wildman–Crippen MR) is 128 cm³/mol. The summed E-state index contributed by atoms with van der Waals surface area (Å²) in [6.45, 7) is 6.38. The van der Waals surface area contributed by atoms with Crippen molar-refractivity contribution >= 4 is 22.6 Å². The second-order valence-corrected chi connectivity index (χ2v) is 12.0. The van der Waals surface area contributed by atoms with E-state index < -0.39 is 29.5 Å². The number of aliphatic hydroxyl groups is 1. The lowest BCUT2D eigenvalue weighted by molar-refractivity contribution is -0.137. The van der Waals surface area contributed by atoms with Gasteiger partial charge in [-0.05, 0) is 61.6 Å². The maximum Gasteiger partial charge on any atom is 0.416 e. The molecule has 4 unspecified atom stereocenters. The van der Waals surface area contributed by atoms with Crippen molar-refractivity contribution in [1.82, 2.24) is 4.98 Å². The number of nitrogens with zero attached hydrogens (tertiary/aromatic N) is 1. The number of pyridine rings is 1. The predicted octanol–water partition coefficient (Wildman–Crippen LogP) is 6.97. The summed E-state index contributed by atoms with van der Waals surface area (Å²) in [7, 11) is 0. The van der Waals surface area contributed by atoms with Crippen LogP contribution in [0.3, 0.4) is 0 Å². The van der Waals surface area contributed by atoms with E-state index in [0.29, 0.717) is 18.4 Å². The van der Waals surface area contributed by atoms with Crippen LogP contribution in [0.2, 0.25) is 0 Å². The SMILES string of the molecule is CCc1nc2c(c3c1C(c1ccc(C(F)(F)F)cc1)OC31CCCC1I)C(O)CC(C)(C)C2. The molecule has 1 fully saturated rings. The van der Waals surface area contributed by atoms with E-state index in [2.05, 4.69) is 43.4 Å². The summed E-state index contributed by atoms with van der Waals surface area (Å²) in [6.07, 6.45) is -0.431. The van der Waals surface area contributed by atoms with Crippen molar-refractivity contribution in [3.05, 3.63) is 63.5 Å². The van der Waals surface area contributed by atoms with Gasteiger partial charge >= 0.3 is 6.18 Å². The highest BCUT2D eigenvalue weighted by Crippen LogP contribution is 2.60. The third kappa shape index (κ3) is 3.73. The minimum atomic E-state index is -4.38. The maximum atomic E-state index is 13.2. The molecule has 0 bridgehead atoms. The molecule has 2 heterocycles. The van der Waals surface area contributed by atoms with Gasteiger partial charge in [-0.2, -0.15) is 13.2 Å². The average Bonchev–Trinajstić information content (AvgIpc) is 3.27. The summed E-state index contributed by atoms with van der Waals surface area (Å²) in [6, 6.07) is 5.33. The fourth-order valence-corrected chi connectivity index (χ4v) is 7.34. The van der Waals surface area contributed by atoms with E-state index in [1.807, 2.05) is 0 Å². The van der Waals surface area contributed by atoms with Crippen molar-refractivity contribution in [3.8, 4) is 0 Å². The first-order chi connectivity index (χ1) is 15.5. The smallest absolute Gasteiger partial charge is 0.388 e. The summed E-state index contributed by atoms with van der Waals surface area (Å²) in [4.78, 5) is 5.04. The molecular formula is C26H29F3INO2. The van der Waals surface area contributed by atoms with Crippen molar-refractivity contribution < 1.29 is 23.0 Å². The monoisotopic (exact) mass is 571 g/mol. The number of ether oxygens (including phenoxy) is 1. The Kier molecular flexibility index (Phi) is 5.65. The zero-order chi connectivity index (χ0) is 23.8. The normalized spacial score (nSPS) is 30.5. The summed E-state index contributed by atoms with van der Waals surface area (Å²) in [5.74, 6) is 0. The molecule has 1 spiro atoms. The zero-order valence-corrected chi connectivity index (χ0v) is 21.3. The molecule has 1 aromatic heterocycles. The first kappa shape index (κ1) is 23.5. The molecule has 3 nitrogen and oxygen atoms in total. The minimum absolute atomic E-state index is 0.0441. The van der Waals surface area contributed by atoms with Gasteiger partial charge in [0.25, 0.3) is 0 Å². The number of aliphatic hydroxyl groups excluding tert-OH is 1. The molecule has 0 saturated heterocycles. The van der Waals surface area contributed by atoms with Gasteiger partial charge in [-0.25, -0.2) is 0 Å². The van der Waals surface area contributed by atoms with Gasteiger partial charge in [-0.15, -0.1) is 0 Å². The van der Waals surface area contributed by atoms with E-state index >= 15 is 0 Å². The number of hydrogen-bond acceptors (Lipinski definition) is 3. The molecule has 5 rings (SSSR count). The van der Waals surface area contributed by atoms with Crippen LogP contribution >= 0.6 is 22.6 Å². The Hall–Kier alpha value is -1.19. The average molecular weight is 571 g/mol. The number of aromatic nitrogens is 1. The summed E-state index contributed by atoms with van der Waals surface area (Å²) in [5, 5.41) is 11.3. The molecule has 2 aromatic rings. The summed E-state index contributed by atoms with van der Waals surface area (Å²) < 4.78 is 46.6.